The molecule has 0 N–H and O–H groups in total. The number of carbonyl (C=O) groups excluding carboxylic acids is 1. The number of ether oxygens (including phenoxy) is 2. The minimum absolute atomic E-state index is 0.119. The van der Waals surface area contributed by atoms with Crippen LogP contribution in [0.4, 0.5) is 0 Å². The number of rotatable bonds is 10. The number of benzene rings is 2. The number of hydrogen-bond acceptors (Lipinski definition) is 6. The molecular weight excluding hydrogens is 571 g/mol. The lowest BCUT2D eigenvalue weighted by molar-refractivity contribution is -0.145. The lowest BCUT2D eigenvalue weighted by Gasteiger charge is -2.17. The SMILES string of the molecule is COC(=O)[C@@H](C)Cn1c(=O)c2c(nc(-c3ccccc3Cl)n2-c2ccc(Cl)cc2)n(COCC[Si](C)(C)C)c1=O. The van der Waals surface area contributed by atoms with Crippen LogP contribution in [0.3, 0.4) is 0 Å². The first-order chi connectivity index (χ1) is 18.9. The van der Waals surface area contributed by atoms with Crippen molar-refractivity contribution in [2.75, 3.05) is 13.7 Å². The van der Waals surface area contributed by atoms with Gasteiger partial charge in [-0.2, -0.15) is 0 Å². The predicted molar refractivity (Wildman–Crippen MR) is 160 cm³/mol. The van der Waals surface area contributed by atoms with Crippen molar-refractivity contribution < 1.29 is 14.3 Å². The molecule has 2 heterocycles. The van der Waals surface area contributed by atoms with Crippen LogP contribution in [0.2, 0.25) is 35.7 Å². The molecule has 0 aliphatic heterocycles. The zero-order valence-electron chi connectivity index (χ0n) is 23.1. The molecule has 0 fully saturated rings. The molecule has 0 bridgehead atoms. The molecule has 212 valence electrons. The Bertz CT molecular complexity index is 1650. The number of aromatic nitrogens is 4. The molecular formula is C28H32Cl2N4O5Si. The summed E-state index contributed by atoms with van der Waals surface area (Å²) in [6.45, 7) is 8.46. The second-order valence-corrected chi connectivity index (χ2v) is 17.3. The van der Waals surface area contributed by atoms with E-state index in [4.69, 9.17) is 37.7 Å². The van der Waals surface area contributed by atoms with Gasteiger partial charge in [-0.3, -0.25) is 23.3 Å². The Morgan fingerprint density at radius 1 is 1.02 bits per heavy atom. The number of carbonyl (C=O) groups is 1. The zero-order chi connectivity index (χ0) is 29.2. The Morgan fingerprint density at radius 3 is 2.33 bits per heavy atom. The fourth-order valence-corrected chi connectivity index (χ4v) is 5.37. The number of esters is 1. The Kier molecular flexibility index (Phi) is 9.04. The second kappa shape index (κ2) is 12.1. The van der Waals surface area contributed by atoms with E-state index in [0.29, 0.717) is 33.7 Å². The topological polar surface area (TPSA) is 97.4 Å². The minimum Gasteiger partial charge on any atom is -0.469 e. The van der Waals surface area contributed by atoms with Gasteiger partial charge >= 0.3 is 11.7 Å². The molecule has 0 unspecified atom stereocenters. The van der Waals surface area contributed by atoms with Crippen LogP contribution in [0, 0.1) is 5.92 Å². The van der Waals surface area contributed by atoms with Crippen molar-refractivity contribution in [3.05, 3.63) is 79.4 Å². The Hall–Kier alpha value is -3.18. The van der Waals surface area contributed by atoms with Gasteiger partial charge in [-0.25, -0.2) is 9.78 Å². The van der Waals surface area contributed by atoms with Gasteiger partial charge in [0.2, 0.25) is 0 Å². The van der Waals surface area contributed by atoms with Crippen LogP contribution < -0.4 is 11.2 Å². The van der Waals surface area contributed by atoms with Crippen LogP contribution in [-0.2, 0) is 27.5 Å². The highest BCUT2D eigenvalue weighted by molar-refractivity contribution is 6.76. The molecule has 0 aliphatic carbocycles. The summed E-state index contributed by atoms with van der Waals surface area (Å²) in [7, 11) is -0.125. The third kappa shape index (κ3) is 6.25. The summed E-state index contributed by atoms with van der Waals surface area (Å²) in [5.41, 5.74) is 0.222. The molecule has 4 rings (SSSR count). The van der Waals surface area contributed by atoms with E-state index < -0.39 is 31.2 Å². The fourth-order valence-electron chi connectivity index (χ4n) is 4.27. The number of halogens is 2. The van der Waals surface area contributed by atoms with Crippen molar-refractivity contribution >= 4 is 48.4 Å². The van der Waals surface area contributed by atoms with Crippen LogP contribution in [0.25, 0.3) is 28.2 Å². The molecule has 1 atom stereocenters. The fraction of sp³-hybridized carbons (Fsp3) is 0.357. The number of imidazole rings is 1. The molecule has 0 amide bonds. The third-order valence-corrected chi connectivity index (χ3v) is 8.79. The summed E-state index contributed by atoms with van der Waals surface area (Å²) in [6, 6.07) is 14.9. The minimum atomic E-state index is -1.39. The first-order valence-corrected chi connectivity index (χ1v) is 17.3. The number of methoxy groups -OCH3 is 1. The molecule has 0 radical (unpaired) electrons. The van der Waals surface area contributed by atoms with E-state index in [1.165, 1.54) is 11.7 Å². The van der Waals surface area contributed by atoms with E-state index in [1.807, 2.05) is 6.07 Å². The van der Waals surface area contributed by atoms with E-state index >= 15 is 0 Å². The smallest absolute Gasteiger partial charge is 0.334 e. The maximum Gasteiger partial charge on any atom is 0.334 e. The molecule has 9 nitrogen and oxygen atoms in total. The molecule has 0 saturated carbocycles. The molecule has 0 aliphatic rings. The maximum atomic E-state index is 14.0. The van der Waals surface area contributed by atoms with Crippen molar-refractivity contribution in [1.82, 2.24) is 18.7 Å². The van der Waals surface area contributed by atoms with Gasteiger partial charge in [-0.05, 0) is 42.4 Å². The first kappa shape index (κ1) is 29.8. The highest BCUT2D eigenvalue weighted by Crippen LogP contribution is 2.32. The lowest BCUT2D eigenvalue weighted by Crippen LogP contribution is -2.43. The standard InChI is InChI=1S/C28H32Cl2N4O5Si/c1-18(27(36)38-2)16-32-26(35)23-25(33(28(32)37)17-39-14-15-40(3,4)5)31-24(21-8-6-7-9-22(21)30)34(23)20-12-10-19(29)11-13-20/h6-13,18H,14-17H2,1-5H3/t18-/m0/s1. The van der Waals surface area contributed by atoms with Crippen molar-refractivity contribution in [1.29, 1.82) is 0 Å². The Morgan fingerprint density at radius 2 is 1.70 bits per heavy atom. The number of nitrogens with zero attached hydrogens (tertiary/aromatic N) is 4. The summed E-state index contributed by atoms with van der Waals surface area (Å²) in [5, 5.41) is 0.942. The molecule has 4 aromatic rings. The van der Waals surface area contributed by atoms with Gasteiger partial charge in [-0.15, -0.1) is 0 Å². The monoisotopic (exact) mass is 602 g/mol. The zero-order valence-corrected chi connectivity index (χ0v) is 25.6. The molecule has 2 aromatic heterocycles. The largest absolute Gasteiger partial charge is 0.469 e. The summed E-state index contributed by atoms with van der Waals surface area (Å²) in [6.07, 6.45) is 0. The van der Waals surface area contributed by atoms with Gasteiger partial charge in [-0.1, -0.05) is 61.9 Å². The maximum absolute atomic E-state index is 14.0. The molecule has 0 spiro atoms. The molecule has 12 heteroatoms. The third-order valence-electron chi connectivity index (χ3n) is 6.50. The van der Waals surface area contributed by atoms with Crippen molar-refractivity contribution in [2.24, 2.45) is 5.92 Å². The lowest BCUT2D eigenvalue weighted by atomic mass is 10.2. The molecule has 2 aromatic carbocycles. The van der Waals surface area contributed by atoms with E-state index in [1.54, 1.807) is 54.0 Å². The summed E-state index contributed by atoms with van der Waals surface area (Å²) in [4.78, 5) is 44.8. The van der Waals surface area contributed by atoms with Crippen LogP contribution in [0.5, 0.6) is 0 Å². The quantitative estimate of drug-likeness (QED) is 0.136. The summed E-state index contributed by atoms with van der Waals surface area (Å²) < 4.78 is 14.8. The Labute approximate surface area is 242 Å². The number of fused-ring (bicyclic) bond motifs is 1. The Balaban J connectivity index is 2.03. The predicted octanol–water partition coefficient (Wildman–Crippen LogP) is 5.44. The number of hydrogen-bond donors (Lipinski definition) is 0. The molecule has 0 saturated heterocycles. The average Bonchev–Trinajstić information content (AvgIpc) is 3.30. The van der Waals surface area contributed by atoms with Crippen LogP contribution in [0.1, 0.15) is 6.92 Å². The van der Waals surface area contributed by atoms with Crippen LogP contribution in [0.15, 0.2) is 58.1 Å². The van der Waals surface area contributed by atoms with Gasteiger partial charge in [0.05, 0.1) is 18.1 Å². The van der Waals surface area contributed by atoms with E-state index in [0.717, 1.165) is 10.6 Å². The van der Waals surface area contributed by atoms with E-state index in [-0.39, 0.29) is 24.4 Å². The second-order valence-electron chi connectivity index (χ2n) is 10.8. The van der Waals surface area contributed by atoms with Gasteiger partial charge in [0.1, 0.15) is 12.6 Å². The van der Waals surface area contributed by atoms with E-state index in [2.05, 4.69) is 19.6 Å². The van der Waals surface area contributed by atoms with Gasteiger partial charge in [0.15, 0.2) is 11.2 Å². The van der Waals surface area contributed by atoms with Crippen LogP contribution >= 0.6 is 23.2 Å². The van der Waals surface area contributed by atoms with Gasteiger partial charge in [0, 0.05) is 37.5 Å². The van der Waals surface area contributed by atoms with Crippen molar-refractivity contribution in [2.45, 2.75) is 45.9 Å². The van der Waals surface area contributed by atoms with Crippen molar-refractivity contribution in [3.8, 4) is 17.1 Å². The normalized spacial score (nSPS) is 12.6. The van der Waals surface area contributed by atoms with Gasteiger partial charge in [0.25, 0.3) is 5.56 Å². The summed E-state index contributed by atoms with van der Waals surface area (Å²) in [5.74, 6) is -0.912. The summed E-state index contributed by atoms with van der Waals surface area (Å²) >= 11 is 12.7. The van der Waals surface area contributed by atoms with Crippen LogP contribution in [-0.4, -0.2) is 46.4 Å². The van der Waals surface area contributed by atoms with Crippen molar-refractivity contribution in [3.63, 3.8) is 0 Å². The highest BCUT2D eigenvalue weighted by Gasteiger charge is 2.26. The average molecular weight is 604 g/mol. The highest BCUT2D eigenvalue weighted by atomic mass is 35.5. The van der Waals surface area contributed by atoms with E-state index in [9.17, 15) is 14.4 Å². The van der Waals surface area contributed by atoms with Gasteiger partial charge < -0.3 is 9.47 Å². The molecule has 40 heavy (non-hydrogen) atoms. The first-order valence-electron chi connectivity index (χ1n) is 12.9.